The molecule has 0 bridgehead atoms. The van der Waals surface area contributed by atoms with Crippen molar-refractivity contribution >= 4 is 23.2 Å². The van der Waals surface area contributed by atoms with Crippen molar-refractivity contribution in [1.82, 2.24) is 4.98 Å². The van der Waals surface area contributed by atoms with Gasteiger partial charge in [0.25, 0.3) is 0 Å². The van der Waals surface area contributed by atoms with E-state index in [2.05, 4.69) is 4.98 Å². The molecule has 0 spiro atoms. The smallest absolute Gasteiger partial charge is 0.147 e. The number of aromatic nitrogens is 1. The van der Waals surface area contributed by atoms with E-state index in [0.717, 1.165) is 0 Å². The first-order valence-electron chi connectivity index (χ1n) is 3.25. The lowest BCUT2D eigenvalue weighted by Crippen LogP contribution is -2.02. The van der Waals surface area contributed by atoms with Gasteiger partial charge < -0.3 is 10.2 Å². The van der Waals surface area contributed by atoms with Crippen LogP contribution in [0.25, 0.3) is 0 Å². The maximum Gasteiger partial charge on any atom is 0.147 e. The molecule has 2 N–H and O–H groups in total. The van der Waals surface area contributed by atoms with Gasteiger partial charge in [0.2, 0.25) is 0 Å². The summed E-state index contributed by atoms with van der Waals surface area (Å²) >= 11 is 11.2. The third kappa shape index (κ3) is 2.08. The molecule has 3 nitrogen and oxygen atoms in total. The summed E-state index contributed by atoms with van der Waals surface area (Å²) in [6.45, 7) is -0.361. The first-order chi connectivity index (χ1) is 5.65. The van der Waals surface area contributed by atoms with Crippen LogP contribution in [0.2, 0.25) is 10.2 Å². The third-order valence-corrected chi connectivity index (χ3v) is 2.06. The molecule has 1 aromatic heterocycles. The van der Waals surface area contributed by atoms with E-state index in [0.29, 0.717) is 5.56 Å². The number of hydrogen-bond donors (Lipinski definition) is 2. The Kier molecular flexibility index (Phi) is 3.29. The average Bonchev–Trinajstić information content (AvgIpc) is 2.08. The lowest BCUT2D eigenvalue weighted by molar-refractivity contribution is 0.0953. The molecule has 0 fully saturated rings. The summed E-state index contributed by atoms with van der Waals surface area (Å²) in [6.07, 6.45) is 0.419. The number of halogens is 2. The summed E-state index contributed by atoms with van der Waals surface area (Å²) in [7, 11) is 0. The molecule has 1 atom stereocenters. The number of hydrogen-bond acceptors (Lipinski definition) is 3. The highest BCUT2D eigenvalue weighted by molar-refractivity contribution is 6.41. The topological polar surface area (TPSA) is 53.4 Å². The van der Waals surface area contributed by atoms with Gasteiger partial charge in [-0.3, -0.25) is 0 Å². The van der Waals surface area contributed by atoms with Crippen molar-refractivity contribution in [1.29, 1.82) is 0 Å². The zero-order valence-corrected chi connectivity index (χ0v) is 7.55. The molecule has 0 amide bonds. The molecule has 12 heavy (non-hydrogen) atoms. The van der Waals surface area contributed by atoms with E-state index < -0.39 is 6.10 Å². The molecular weight excluding hydrogens is 201 g/mol. The first-order valence-corrected chi connectivity index (χ1v) is 4.00. The van der Waals surface area contributed by atoms with E-state index in [-0.39, 0.29) is 16.8 Å². The van der Waals surface area contributed by atoms with Crippen LogP contribution in [0, 0.1) is 0 Å². The minimum Gasteiger partial charge on any atom is -0.393 e. The standard InChI is InChI=1S/C7H7Cl2NO2/c8-5-1-4(6(12)3-11)2-10-7(5)9/h1-2,6,11-12H,3H2/t6-/m1/s1. The van der Waals surface area contributed by atoms with E-state index >= 15 is 0 Å². The highest BCUT2D eigenvalue weighted by Crippen LogP contribution is 2.22. The van der Waals surface area contributed by atoms with Gasteiger partial charge in [-0.05, 0) is 6.07 Å². The predicted molar refractivity (Wildman–Crippen MR) is 46.3 cm³/mol. The molecule has 1 rings (SSSR count). The molecule has 0 saturated heterocycles. The van der Waals surface area contributed by atoms with Gasteiger partial charge in [-0.15, -0.1) is 0 Å². The molecule has 0 aliphatic heterocycles. The molecule has 66 valence electrons. The summed E-state index contributed by atoms with van der Waals surface area (Å²) in [6, 6.07) is 1.47. The number of aliphatic hydroxyl groups is 2. The Morgan fingerprint density at radius 1 is 1.50 bits per heavy atom. The van der Waals surface area contributed by atoms with Gasteiger partial charge >= 0.3 is 0 Å². The third-order valence-electron chi connectivity index (χ3n) is 1.38. The van der Waals surface area contributed by atoms with Crippen LogP contribution in [-0.4, -0.2) is 21.8 Å². The number of nitrogens with zero attached hydrogens (tertiary/aromatic N) is 1. The molecular formula is C7H7Cl2NO2. The summed E-state index contributed by atoms with van der Waals surface area (Å²) in [5.74, 6) is 0. The normalized spacial score (nSPS) is 13.0. The van der Waals surface area contributed by atoms with Crippen molar-refractivity contribution in [3.05, 3.63) is 28.0 Å². The van der Waals surface area contributed by atoms with Crippen molar-refractivity contribution in [2.45, 2.75) is 6.10 Å². The van der Waals surface area contributed by atoms with Gasteiger partial charge in [0.1, 0.15) is 11.3 Å². The molecule has 0 aliphatic carbocycles. The summed E-state index contributed by atoms with van der Waals surface area (Å²) < 4.78 is 0. The predicted octanol–water partition coefficient (Wildman–Crippen LogP) is 1.41. The largest absolute Gasteiger partial charge is 0.393 e. The SMILES string of the molecule is OC[C@@H](O)c1cnc(Cl)c(Cl)c1. The molecule has 5 heteroatoms. The number of pyridine rings is 1. The highest BCUT2D eigenvalue weighted by Gasteiger charge is 2.08. The summed E-state index contributed by atoms with van der Waals surface area (Å²) in [5, 5.41) is 18.2. The van der Waals surface area contributed by atoms with Crippen molar-refractivity contribution in [2.75, 3.05) is 6.61 Å². The molecule has 0 aliphatic rings. The fourth-order valence-electron chi connectivity index (χ4n) is 0.724. The van der Waals surface area contributed by atoms with Gasteiger partial charge in [-0.1, -0.05) is 23.2 Å². The lowest BCUT2D eigenvalue weighted by atomic mass is 10.2. The zero-order chi connectivity index (χ0) is 9.14. The van der Waals surface area contributed by atoms with Gasteiger partial charge in [0.05, 0.1) is 11.6 Å². The van der Waals surface area contributed by atoms with Crippen molar-refractivity contribution in [3.8, 4) is 0 Å². The van der Waals surface area contributed by atoms with E-state index in [1.54, 1.807) is 0 Å². The lowest BCUT2D eigenvalue weighted by Gasteiger charge is -2.06. The van der Waals surface area contributed by atoms with Gasteiger partial charge in [-0.2, -0.15) is 0 Å². The Bertz CT molecular complexity index is 280. The van der Waals surface area contributed by atoms with Crippen molar-refractivity contribution in [3.63, 3.8) is 0 Å². The quantitative estimate of drug-likeness (QED) is 0.722. The van der Waals surface area contributed by atoms with Crippen LogP contribution < -0.4 is 0 Å². The maximum absolute atomic E-state index is 9.15. The second kappa shape index (κ2) is 4.05. The van der Waals surface area contributed by atoms with E-state index in [1.165, 1.54) is 12.3 Å². The Labute approximate surface area is 79.6 Å². The van der Waals surface area contributed by atoms with Gasteiger partial charge in [0.15, 0.2) is 0 Å². The summed E-state index contributed by atoms with van der Waals surface area (Å²) in [5.41, 5.74) is 0.451. The zero-order valence-electron chi connectivity index (χ0n) is 6.04. The van der Waals surface area contributed by atoms with Gasteiger partial charge in [0, 0.05) is 11.8 Å². The van der Waals surface area contributed by atoms with Crippen LogP contribution in [0.15, 0.2) is 12.3 Å². The second-order valence-electron chi connectivity index (χ2n) is 2.24. The Morgan fingerprint density at radius 2 is 2.17 bits per heavy atom. The molecule has 0 aromatic carbocycles. The van der Waals surface area contributed by atoms with Crippen LogP contribution in [0.5, 0.6) is 0 Å². The summed E-state index contributed by atoms with van der Waals surface area (Å²) in [4.78, 5) is 3.71. The Hall–Kier alpha value is -0.350. The fraction of sp³-hybridized carbons (Fsp3) is 0.286. The number of aliphatic hydroxyl groups excluding tert-OH is 2. The average molecular weight is 208 g/mol. The Morgan fingerprint density at radius 3 is 2.67 bits per heavy atom. The molecule has 1 heterocycles. The van der Waals surface area contributed by atoms with Gasteiger partial charge in [-0.25, -0.2) is 4.98 Å². The molecule has 1 aromatic rings. The van der Waals surface area contributed by atoms with Crippen molar-refractivity contribution < 1.29 is 10.2 Å². The highest BCUT2D eigenvalue weighted by atomic mass is 35.5. The van der Waals surface area contributed by atoms with Crippen molar-refractivity contribution in [2.24, 2.45) is 0 Å². The Balaban J connectivity index is 2.96. The van der Waals surface area contributed by atoms with Crippen LogP contribution in [-0.2, 0) is 0 Å². The minimum atomic E-state index is -0.952. The molecule has 0 radical (unpaired) electrons. The second-order valence-corrected chi connectivity index (χ2v) is 3.00. The molecule has 0 saturated carbocycles. The van der Waals surface area contributed by atoms with Crippen LogP contribution in [0.4, 0.5) is 0 Å². The maximum atomic E-state index is 9.15. The van der Waals surface area contributed by atoms with Crippen LogP contribution >= 0.6 is 23.2 Å². The first kappa shape index (κ1) is 9.74. The fourth-order valence-corrected chi connectivity index (χ4v) is 1.00. The van der Waals surface area contributed by atoms with E-state index in [4.69, 9.17) is 33.4 Å². The monoisotopic (exact) mass is 207 g/mol. The minimum absolute atomic E-state index is 0.186. The van der Waals surface area contributed by atoms with E-state index in [1.807, 2.05) is 0 Å². The molecule has 0 unspecified atom stereocenters. The van der Waals surface area contributed by atoms with Crippen LogP contribution in [0.1, 0.15) is 11.7 Å². The van der Waals surface area contributed by atoms with E-state index in [9.17, 15) is 0 Å². The number of rotatable bonds is 2. The van der Waals surface area contributed by atoms with Crippen LogP contribution in [0.3, 0.4) is 0 Å².